The van der Waals surface area contributed by atoms with Crippen molar-refractivity contribution in [1.29, 1.82) is 0 Å². The molecule has 1 aromatic heterocycles. The maximum absolute atomic E-state index is 13.3. The van der Waals surface area contributed by atoms with Gasteiger partial charge in [0.2, 0.25) is 0 Å². The molecular weight excluding hydrogens is 399 g/mol. The van der Waals surface area contributed by atoms with Crippen LogP contribution in [0.3, 0.4) is 0 Å². The van der Waals surface area contributed by atoms with Crippen LogP contribution in [0.4, 0.5) is 9.18 Å². The van der Waals surface area contributed by atoms with Gasteiger partial charge in [-0.1, -0.05) is 48.5 Å². The molecule has 1 amide bonds. The van der Waals surface area contributed by atoms with Crippen molar-refractivity contribution in [1.82, 2.24) is 10.3 Å². The van der Waals surface area contributed by atoms with Gasteiger partial charge < -0.3 is 15.2 Å². The molecule has 0 saturated heterocycles. The summed E-state index contributed by atoms with van der Waals surface area (Å²) in [5.74, 6) is -1.79. The molecule has 7 heteroatoms. The Morgan fingerprint density at radius 2 is 1.71 bits per heavy atom. The van der Waals surface area contributed by atoms with Crippen molar-refractivity contribution in [2.45, 2.75) is 24.8 Å². The van der Waals surface area contributed by atoms with E-state index in [2.05, 4.69) is 10.3 Å². The number of ether oxygens (including phenoxy) is 1. The maximum atomic E-state index is 13.3. The Balaban J connectivity index is 1.38. The third kappa shape index (κ3) is 4.55. The fraction of sp³-hybridized carbons (Fsp3) is 0.208. The van der Waals surface area contributed by atoms with Gasteiger partial charge in [-0.25, -0.2) is 14.0 Å². The highest BCUT2D eigenvalue weighted by Crippen LogP contribution is 2.44. The summed E-state index contributed by atoms with van der Waals surface area (Å²) < 4.78 is 18.7. The minimum atomic E-state index is -1.18. The zero-order valence-electron chi connectivity index (χ0n) is 16.6. The van der Waals surface area contributed by atoms with Crippen LogP contribution in [0.15, 0.2) is 67.0 Å². The SMILES string of the molecule is O=C(NC(CCc1cncc(F)c1)C(=O)O)OCC1c2ccccc2-c2ccccc21. The topological polar surface area (TPSA) is 88.5 Å². The molecule has 1 aliphatic carbocycles. The second kappa shape index (κ2) is 8.95. The number of amides is 1. The maximum Gasteiger partial charge on any atom is 0.407 e. The number of aryl methyl sites for hydroxylation is 1. The Morgan fingerprint density at radius 1 is 1.06 bits per heavy atom. The molecule has 0 saturated carbocycles. The van der Waals surface area contributed by atoms with Gasteiger partial charge in [0.1, 0.15) is 18.5 Å². The molecule has 1 aliphatic rings. The fourth-order valence-electron chi connectivity index (χ4n) is 3.94. The zero-order chi connectivity index (χ0) is 21.8. The molecule has 0 spiro atoms. The smallest absolute Gasteiger partial charge is 0.407 e. The van der Waals surface area contributed by atoms with E-state index in [1.807, 2.05) is 48.5 Å². The molecule has 1 unspecified atom stereocenters. The van der Waals surface area contributed by atoms with E-state index in [1.165, 1.54) is 12.3 Å². The highest BCUT2D eigenvalue weighted by Gasteiger charge is 2.29. The number of carbonyl (C=O) groups excluding carboxylic acids is 1. The number of rotatable bonds is 7. The molecule has 6 nitrogen and oxygen atoms in total. The van der Waals surface area contributed by atoms with Gasteiger partial charge in [0, 0.05) is 12.1 Å². The summed E-state index contributed by atoms with van der Waals surface area (Å²) in [6.07, 6.45) is 2.09. The summed E-state index contributed by atoms with van der Waals surface area (Å²) in [6, 6.07) is 16.1. The molecule has 2 aromatic carbocycles. The van der Waals surface area contributed by atoms with Crippen molar-refractivity contribution in [3.05, 3.63) is 89.5 Å². The van der Waals surface area contributed by atoms with Crippen molar-refractivity contribution < 1.29 is 23.8 Å². The van der Waals surface area contributed by atoms with Gasteiger partial charge in [-0.15, -0.1) is 0 Å². The van der Waals surface area contributed by atoms with Crippen molar-refractivity contribution in [2.24, 2.45) is 0 Å². The summed E-state index contributed by atoms with van der Waals surface area (Å²) in [5, 5.41) is 11.8. The lowest BCUT2D eigenvalue weighted by molar-refractivity contribution is -0.139. The molecule has 2 N–H and O–H groups in total. The molecule has 0 radical (unpaired) electrons. The fourth-order valence-corrected chi connectivity index (χ4v) is 3.94. The predicted octanol–water partition coefficient (Wildman–Crippen LogP) is 4.15. The Kier molecular flexibility index (Phi) is 5.93. The second-order valence-corrected chi connectivity index (χ2v) is 7.41. The second-order valence-electron chi connectivity index (χ2n) is 7.41. The molecule has 158 valence electrons. The largest absolute Gasteiger partial charge is 0.480 e. The number of hydrogen-bond acceptors (Lipinski definition) is 4. The normalized spacial score (nSPS) is 13.2. The molecule has 31 heavy (non-hydrogen) atoms. The van der Waals surface area contributed by atoms with Crippen LogP contribution in [-0.2, 0) is 16.0 Å². The lowest BCUT2D eigenvalue weighted by Crippen LogP contribution is -2.41. The van der Waals surface area contributed by atoms with Crippen molar-refractivity contribution in [2.75, 3.05) is 6.61 Å². The molecule has 0 fully saturated rings. The third-order valence-corrected chi connectivity index (χ3v) is 5.42. The van der Waals surface area contributed by atoms with Crippen LogP contribution >= 0.6 is 0 Å². The minimum absolute atomic E-state index is 0.0880. The number of benzene rings is 2. The molecule has 3 aromatic rings. The monoisotopic (exact) mass is 420 g/mol. The van der Waals surface area contributed by atoms with E-state index in [9.17, 15) is 19.1 Å². The van der Waals surface area contributed by atoms with Crippen molar-refractivity contribution in [3.8, 4) is 11.1 Å². The lowest BCUT2D eigenvalue weighted by Gasteiger charge is -2.17. The highest BCUT2D eigenvalue weighted by molar-refractivity contribution is 5.81. The van der Waals surface area contributed by atoms with Crippen LogP contribution in [0.2, 0.25) is 0 Å². The first kappa shape index (κ1) is 20.5. The molecule has 1 atom stereocenters. The number of carboxylic acid groups (broad SMARTS) is 1. The minimum Gasteiger partial charge on any atom is -0.480 e. The molecule has 0 bridgehead atoms. The van der Waals surface area contributed by atoms with Crippen LogP contribution in [0.25, 0.3) is 11.1 Å². The van der Waals surface area contributed by atoms with Crippen molar-refractivity contribution >= 4 is 12.1 Å². The van der Waals surface area contributed by atoms with E-state index in [1.54, 1.807) is 0 Å². The standard InChI is InChI=1S/C24H21FN2O4/c25-16-11-15(12-26-13-16)9-10-22(23(28)29)27-24(30)31-14-21-19-7-3-1-5-17(19)18-6-2-4-8-20(18)21/h1-8,11-13,21-22H,9-10,14H2,(H,27,30)(H,28,29). The van der Waals surface area contributed by atoms with Gasteiger partial charge in [-0.05, 0) is 46.7 Å². The summed E-state index contributed by atoms with van der Waals surface area (Å²) in [7, 11) is 0. The molecule has 0 aliphatic heterocycles. The van der Waals surface area contributed by atoms with E-state index >= 15 is 0 Å². The van der Waals surface area contributed by atoms with Gasteiger partial charge in [0.25, 0.3) is 0 Å². The number of aliphatic carboxylic acids is 1. The average Bonchev–Trinajstić information content (AvgIpc) is 3.09. The van der Waals surface area contributed by atoms with E-state index in [-0.39, 0.29) is 25.4 Å². The van der Waals surface area contributed by atoms with Crippen LogP contribution < -0.4 is 5.32 Å². The van der Waals surface area contributed by atoms with Gasteiger partial charge in [-0.2, -0.15) is 0 Å². The molecular formula is C24H21FN2O4. The Hall–Kier alpha value is -3.74. The first-order valence-corrected chi connectivity index (χ1v) is 9.96. The number of nitrogens with one attached hydrogen (secondary N) is 1. The predicted molar refractivity (Wildman–Crippen MR) is 112 cm³/mol. The summed E-state index contributed by atoms with van der Waals surface area (Å²) in [6.45, 7) is 0.0972. The summed E-state index contributed by atoms with van der Waals surface area (Å²) >= 11 is 0. The van der Waals surface area contributed by atoms with Gasteiger partial charge in [0.05, 0.1) is 6.20 Å². The highest BCUT2D eigenvalue weighted by atomic mass is 19.1. The Bertz CT molecular complexity index is 1070. The van der Waals surface area contributed by atoms with E-state index in [0.29, 0.717) is 5.56 Å². The quantitative estimate of drug-likeness (QED) is 0.600. The van der Waals surface area contributed by atoms with Gasteiger partial charge in [0.15, 0.2) is 0 Å². The summed E-state index contributed by atoms with van der Waals surface area (Å²) in [4.78, 5) is 27.6. The van der Waals surface area contributed by atoms with E-state index in [0.717, 1.165) is 28.5 Å². The first-order chi connectivity index (χ1) is 15.0. The van der Waals surface area contributed by atoms with Crippen LogP contribution in [0, 0.1) is 5.82 Å². The number of fused-ring (bicyclic) bond motifs is 3. The number of alkyl carbamates (subject to hydrolysis) is 1. The number of carboxylic acids is 1. The summed E-state index contributed by atoms with van der Waals surface area (Å²) in [5.41, 5.74) is 4.92. The number of hydrogen-bond donors (Lipinski definition) is 2. The van der Waals surface area contributed by atoms with Crippen molar-refractivity contribution in [3.63, 3.8) is 0 Å². The average molecular weight is 420 g/mol. The van der Waals surface area contributed by atoms with Gasteiger partial charge in [-0.3, -0.25) is 4.98 Å². The lowest BCUT2D eigenvalue weighted by atomic mass is 9.98. The molecule has 4 rings (SSSR count). The zero-order valence-corrected chi connectivity index (χ0v) is 16.6. The molecule has 1 heterocycles. The Labute approximate surface area is 178 Å². The number of aromatic nitrogens is 1. The number of halogens is 1. The van der Waals surface area contributed by atoms with Crippen LogP contribution in [-0.4, -0.2) is 34.8 Å². The number of carbonyl (C=O) groups is 2. The van der Waals surface area contributed by atoms with Crippen LogP contribution in [0.1, 0.15) is 29.0 Å². The van der Waals surface area contributed by atoms with Crippen LogP contribution in [0.5, 0.6) is 0 Å². The van der Waals surface area contributed by atoms with E-state index in [4.69, 9.17) is 4.74 Å². The number of nitrogens with zero attached hydrogens (tertiary/aromatic N) is 1. The Morgan fingerprint density at radius 3 is 2.32 bits per heavy atom. The first-order valence-electron chi connectivity index (χ1n) is 9.96. The van der Waals surface area contributed by atoms with Gasteiger partial charge >= 0.3 is 12.1 Å². The third-order valence-electron chi connectivity index (χ3n) is 5.42. The van der Waals surface area contributed by atoms with E-state index < -0.39 is 23.9 Å². The number of pyridine rings is 1.